The molecule has 0 aromatic heterocycles. The molecule has 1 aliphatic heterocycles. The molecular weight excluding hydrogens is 464 g/mol. The molecule has 0 saturated carbocycles. The van der Waals surface area contributed by atoms with Crippen LogP contribution in [-0.2, 0) is 9.59 Å². The molecule has 0 radical (unpaired) electrons. The molecule has 192 valence electrons. The van der Waals surface area contributed by atoms with Crippen LogP contribution in [0.3, 0.4) is 0 Å². The molecule has 3 aromatic rings. The summed E-state index contributed by atoms with van der Waals surface area (Å²) >= 11 is 0. The number of benzene rings is 3. The van der Waals surface area contributed by atoms with Gasteiger partial charge >= 0.3 is 0 Å². The van der Waals surface area contributed by atoms with Gasteiger partial charge in [-0.05, 0) is 78.4 Å². The van der Waals surface area contributed by atoms with Crippen molar-refractivity contribution in [2.45, 2.75) is 39.7 Å². The Morgan fingerprint density at radius 3 is 2.24 bits per heavy atom. The van der Waals surface area contributed by atoms with Crippen LogP contribution in [0.1, 0.15) is 53.6 Å². The van der Waals surface area contributed by atoms with Crippen molar-refractivity contribution < 1.29 is 19.4 Å². The Morgan fingerprint density at radius 1 is 1.00 bits per heavy atom. The second-order valence-corrected chi connectivity index (χ2v) is 10.1. The summed E-state index contributed by atoms with van der Waals surface area (Å²) in [6.45, 7) is 7.88. The number of rotatable bonds is 6. The molecule has 37 heavy (non-hydrogen) atoms. The largest absolute Gasteiger partial charge is 0.507 e. The van der Waals surface area contributed by atoms with E-state index in [1.165, 1.54) is 4.90 Å². The predicted octanol–water partition coefficient (Wildman–Crippen LogP) is 6.13. The quantitative estimate of drug-likeness (QED) is 0.252. The SMILES string of the molecule is COc1cc(C)c(/C(O)=C2\C(=O)C(=O)N(c3cccc(C)c3)C2c2ccc(N(C)C)cc2)cc1C(C)C. The number of anilines is 2. The molecule has 1 saturated heterocycles. The van der Waals surface area contributed by atoms with E-state index in [4.69, 9.17) is 4.74 Å². The first-order valence-electron chi connectivity index (χ1n) is 12.4. The van der Waals surface area contributed by atoms with Crippen molar-refractivity contribution in [3.63, 3.8) is 0 Å². The molecule has 0 bridgehead atoms. The Morgan fingerprint density at radius 2 is 1.68 bits per heavy atom. The second-order valence-electron chi connectivity index (χ2n) is 10.1. The molecule has 1 aliphatic rings. The zero-order chi connectivity index (χ0) is 27.0. The molecule has 1 N–H and O–H groups in total. The van der Waals surface area contributed by atoms with E-state index in [9.17, 15) is 14.7 Å². The average Bonchev–Trinajstić information content (AvgIpc) is 3.13. The Hall–Kier alpha value is -4.06. The van der Waals surface area contributed by atoms with Crippen LogP contribution in [-0.4, -0.2) is 38.0 Å². The van der Waals surface area contributed by atoms with Gasteiger partial charge in [0.1, 0.15) is 11.5 Å². The number of aliphatic hydroxyl groups is 1. The van der Waals surface area contributed by atoms with Gasteiger partial charge in [-0.3, -0.25) is 14.5 Å². The summed E-state index contributed by atoms with van der Waals surface area (Å²) in [5.74, 6) is -0.699. The zero-order valence-electron chi connectivity index (χ0n) is 22.5. The normalized spacial score (nSPS) is 17.0. The van der Waals surface area contributed by atoms with Crippen LogP contribution in [0.15, 0.2) is 66.2 Å². The number of aliphatic hydroxyl groups excluding tert-OH is 1. The predicted molar refractivity (Wildman–Crippen MR) is 149 cm³/mol. The van der Waals surface area contributed by atoms with Crippen molar-refractivity contribution in [3.05, 3.63) is 94.1 Å². The summed E-state index contributed by atoms with van der Waals surface area (Å²) in [5.41, 5.74) is 5.56. The first-order chi connectivity index (χ1) is 17.5. The minimum Gasteiger partial charge on any atom is -0.507 e. The molecule has 6 heteroatoms. The van der Waals surface area contributed by atoms with E-state index in [2.05, 4.69) is 0 Å². The molecule has 1 unspecified atom stereocenters. The van der Waals surface area contributed by atoms with Crippen molar-refractivity contribution in [2.75, 3.05) is 31.0 Å². The molecule has 1 amide bonds. The highest BCUT2D eigenvalue weighted by atomic mass is 16.5. The number of carbonyl (C=O) groups is 2. The topological polar surface area (TPSA) is 70.1 Å². The van der Waals surface area contributed by atoms with Gasteiger partial charge < -0.3 is 14.7 Å². The van der Waals surface area contributed by atoms with Crippen molar-refractivity contribution in [1.29, 1.82) is 0 Å². The summed E-state index contributed by atoms with van der Waals surface area (Å²) in [4.78, 5) is 30.5. The maximum atomic E-state index is 13.6. The van der Waals surface area contributed by atoms with Gasteiger partial charge in [0.15, 0.2) is 0 Å². The van der Waals surface area contributed by atoms with E-state index in [-0.39, 0.29) is 17.3 Å². The van der Waals surface area contributed by atoms with Crippen molar-refractivity contribution in [1.82, 2.24) is 0 Å². The number of aryl methyl sites for hydroxylation is 2. The van der Waals surface area contributed by atoms with Crippen LogP contribution >= 0.6 is 0 Å². The molecule has 1 heterocycles. The highest BCUT2D eigenvalue weighted by molar-refractivity contribution is 6.51. The van der Waals surface area contributed by atoms with E-state index in [0.717, 1.165) is 33.7 Å². The van der Waals surface area contributed by atoms with E-state index in [1.807, 2.05) is 107 Å². The molecular formula is C31H34N2O4. The third kappa shape index (κ3) is 4.71. The molecule has 6 nitrogen and oxygen atoms in total. The van der Waals surface area contributed by atoms with Crippen LogP contribution in [0.4, 0.5) is 11.4 Å². The van der Waals surface area contributed by atoms with Gasteiger partial charge in [-0.25, -0.2) is 0 Å². The summed E-state index contributed by atoms with van der Waals surface area (Å²) in [5, 5.41) is 11.7. The average molecular weight is 499 g/mol. The maximum Gasteiger partial charge on any atom is 0.300 e. The monoisotopic (exact) mass is 498 g/mol. The number of methoxy groups -OCH3 is 1. The van der Waals surface area contributed by atoms with Gasteiger partial charge in [0.25, 0.3) is 11.7 Å². The number of nitrogens with zero attached hydrogens (tertiary/aromatic N) is 2. The number of hydrogen-bond donors (Lipinski definition) is 1. The lowest BCUT2D eigenvalue weighted by Gasteiger charge is -2.26. The van der Waals surface area contributed by atoms with Crippen LogP contribution in [0.2, 0.25) is 0 Å². The number of ketones is 1. The van der Waals surface area contributed by atoms with Crippen molar-refractivity contribution >= 4 is 28.8 Å². The van der Waals surface area contributed by atoms with Gasteiger partial charge in [0.05, 0.1) is 18.7 Å². The highest BCUT2D eigenvalue weighted by Crippen LogP contribution is 2.43. The number of carbonyl (C=O) groups excluding carboxylic acids is 2. The zero-order valence-corrected chi connectivity index (χ0v) is 22.5. The fourth-order valence-corrected chi connectivity index (χ4v) is 4.87. The van der Waals surface area contributed by atoms with Gasteiger partial charge in [-0.1, -0.05) is 38.1 Å². The molecule has 3 aromatic carbocycles. The number of amides is 1. The molecule has 1 atom stereocenters. The summed E-state index contributed by atoms with van der Waals surface area (Å²) in [7, 11) is 5.52. The smallest absolute Gasteiger partial charge is 0.300 e. The summed E-state index contributed by atoms with van der Waals surface area (Å²) < 4.78 is 5.56. The van der Waals surface area contributed by atoms with Gasteiger partial charge in [0, 0.05) is 31.0 Å². The second kappa shape index (κ2) is 10.1. The number of Topliss-reactive ketones (excluding diaryl/α,β-unsaturated/α-hetero) is 1. The van der Waals surface area contributed by atoms with Crippen LogP contribution in [0.5, 0.6) is 5.75 Å². The lowest BCUT2D eigenvalue weighted by atomic mass is 9.91. The van der Waals surface area contributed by atoms with Crippen LogP contribution in [0, 0.1) is 13.8 Å². The van der Waals surface area contributed by atoms with E-state index in [1.54, 1.807) is 7.11 Å². The minimum atomic E-state index is -0.776. The lowest BCUT2D eigenvalue weighted by molar-refractivity contribution is -0.132. The summed E-state index contributed by atoms with van der Waals surface area (Å²) in [6, 6.07) is 18.1. The molecule has 1 fully saturated rings. The number of ether oxygens (including phenoxy) is 1. The van der Waals surface area contributed by atoms with Crippen LogP contribution in [0.25, 0.3) is 5.76 Å². The number of hydrogen-bond acceptors (Lipinski definition) is 5. The first-order valence-corrected chi connectivity index (χ1v) is 12.4. The fourth-order valence-electron chi connectivity index (χ4n) is 4.87. The first kappa shape index (κ1) is 26.0. The van der Waals surface area contributed by atoms with E-state index >= 15 is 0 Å². The van der Waals surface area contributed by atoms with Gasteiger partial charge in [-0.2, -0.15) is 0 Å². The van der Waals surface area contributed by atoms with Crippen molar-refractivity contribution in [3.8, 4) is 5.75 Å². The molecule has 4 rings (SSSR count). The van der Waals surface area contributed by atoms with Crippen molar-refractivity contribution in [2.24, 2.45) is 0 Å². The van der Waals surface area contributed by atoms with Crippen LogP contribution < -0.4 is 14.5 Å². The Kier molecular flexibility index (Phi) is 7.12. The summed E-state index contributed by atoms with van der Waals surface area (Å²) in [6.07, 6.45) is 0. The molecule has 0 aliphatic carbocycles. The highest BCUT2D eigenvalue weighted by Gasteiger charge is 2.47. The molecule has 0 spiro atoms. The maximum absolute atomic E-state index is 13.6. The Labute approximate surface area is 218 Å². The van der Waals surface area contributed by atoms with Gasteiger partial charge in [-0.15, -0.1) is 0 Å². The lowest BCUT2D eigenvalue weighted by Crippen LogP contribution is -2.29. The third-order valence-corrected chi connectivity index (χ3v) is 6.90. The Balaban J connectivity index is 1.98. The van der Waals surface area contributed by atoms with E-state index in [0.29, 0.717) is 11.3 Å². The fraction of sp³-hybridized carbons (Fsp3) is 0.290. The Bertz CT molecular complexity index is 1390. The van der Waals surface area contributed by atoms with Gasteiger partial charge in [0.2, 0.25) is 0 Å². The third-order valence-electron chi connectivity index (χ3n) is 6.90. The standard InChI is InChI=1S/C31H34N2O4/c1-18(2)24-17-25(20(4)16-26(24)37-7)29(34)27-28(21-11-13-22(14-12-21)32(5)6)33(31(36)30(27)35)23-10-8-9-19(3)15-23/h8-18,28,34H,1-7H3/b29-27+. The van der Waals surface area contributed by atoms with E-state index < -0.39 is 17.7 Å². The minimum absolute atomic E-state index is 0.0760.